The van der Waals surface area contributed by atoms with Crippen LogP contribution in [0.25, 0.3) is 21.3 Å². The molecule has 2 unspecified atom stereocenters. The third kappa shape index (κ3) is 10.5. The van der Waals surface area contributed by atoms with E-state index < -0.39 is 17.7 Å². The molecule has 1 aliphatic rings. The van der Waals surface area contributed by atoms with Gasteiger partial charge in [-0.2, -0.15) is 0 Å². The quantitative estimate of drug-likeness (QED) is 0.0403. The first kappa shape index (κ1) is 44.2. The van der Waals surface area contributed by atoms with Gasteiger partial charge in [-0.05, 0) is 108 Å². The van der Waals surface area contributed by atoms with E-state index in [1.807, 2.05) is 54.6 Å². The van der Waals surface area contributed by atoms with Gasteiger partial charge in [-0.3, -0.25) is 14.5 Å². The number of piperidine rings is 1. The number of hydrogen-bond donors (Lipinski definition) is 6. The minimum atomic E-state index is -2.00. The zero-order valence-electron chi connectivity index (χ0n) is 35.4. The second kappa shape index (κ2) is 20.4. The summed E-state index contributed by atoms with van der Waals surface area (Å²) in [4.78, 5) is 45.3. The maximum atomic E-state index is 13.8. The number of aromatic nitrogens is 1. The number of nitrogens with one attached hydrogen (secondary N) is 3. The van der Waals surface area contributed by atoms with E-state index in [-0.39, 0.29) is 29.7 Å². The Labute approximate surface area is 376 Å². The molecule has 6 N–H and O–H groups in total. The maximum Gasteiger partial charge on any atom is 0.347 e. The smallest absolute Gasteiger partial charge is 0.347 e. The van der Waals surface area contributed by atoms with E-state index >= 15 is 0 Å². The molecule has 0 spiro atoms. The number of aromatic amines is 1. The molecule has 7 aromatic rings. The summed E-state index contributed by atoms with van der Waals surface area (Å²) in [6.07, 6.45) is 1.72. The molecule has 5 aromatic carbocycles. The second-order valence-corrected chi connectivity index (χ2v) is 17.5. The van der Waals surface area contributed by atoms with Gasteiger partial charge < -0.3 is 35.7 Å². The Morgan fingerprint density at radius 3 is 2.22 bits per heavy atom. The maximum absolute atomic E-state index is 13.8. The summed E-state index contributed by atoms with van der Waals surface area (Å²) >= 11 is 1.37. The molecular formula is C52H52N4O7S. The van der Waals surface area contributed by atoms with Crippen LogP contribution in [0.5, 0.6) is 5.75 Å². The number of rotatable bonds is 17. The number of phenolic OH excluding ortho intramolecular Hbond substituents is 1. The number of aliphatic hydroxyl groups excluding tert-OH is 1. The molecule has 1 aliphatic heterocycles. The van der Waals surface area contributed by atoms with E-state index in [0.717, 1.165) is 60.5 Å². The van der Waals surface area contributed by atoms with E-state index in [0.29, 0.717) is 52.1 Å². The van der Waals surface area contributed by atoms with Crippen LogP contribution in [-0.4, -0.2) is 69.9 Å². The second-order valence-electron chi connectivity index (χ2n) is 16.4. The van der Waals surface area contributed by atoms with Crippen molar-refractivity contribution in [3.8, 4) is 16.2 Å². The van der Waals surface area contributed by atoms with Crippen molar-refractivity contribution < 1.29 is 29.6 Å². The zero-order valence-corrected chi connectivity index (χ0v) is 36.2. The Morgan fingerprint density at radius 1 is 0.797 bits per heavy atom. The lowest BCUT2D eigenvalue weighted by Crippen LogP contribution is -2.40. The summed E-state index contributed by atoms with van der Waals surface area (Å²) in [5.41, 5.74) is 3.62. The number of ether oxygens (including phenoxy) is 1. The van der Waals surface area contributed by atoms with Gasteiger partial charge in [0.1, 0.15) is 5.75 Å². The molecule has 0 saturated carbocycles. The van der Waals surface area contributed by atoms with Gasteiger partial charge in [0.05, 0.1) is 23.1 Å². The van der Waals surface area contributed by atoms with Crippen LogP contribution in [-0.2, 0) is 34.6 Å². The highest BCUT2D eigenvalue weighted by Crippen LogP contribution is 2.35. The van der Waals surface area contributed by atoms with E-state index in [9.17, 15) is 29.7 Å². The van der Waals surface area contributed by atoms with Crippen molar-refractivity contribution in [2.45, 2.75) is 44.1 Å². The van der Waals surface area contributed by atoms with Crippen molar-refractivity contribution in [2.24, 2.45) is 5.92 Å². The predicted octanol–water partition coefficient (Wildman–Crippen LogP) is 7.45. The number of H-pyrrole nitrogens is 1. The normalized spacial score (nSPS) is 14.8. The first-order valence-electron chi connectivity index (χ1n) is 21.7. The van der Waals surface area contributed by atoms with Crippen LogP contribution >= 0.6 is 11.3 Å². The zero-order chi connectivity index (χ0) is 44.5. The van der Waals surface area contributed by atoms with Gasteiger partial charge in [0.15, 0.2) is 0 Å². The molecule has 64 heavy (non-hydrogen) atoms. The number of nitrogens with zero attached hydrogens (tertiary/aromatic N) is 1. The molecule has 1 amide bonds. The summed E-state index contributed by atoms with van der Waals surface area (Å²) in [7, 11) is 0. The molecule has 2 aromatic heterocycles. The van der Waals surface area contributed by atoms with Crippen molar-refractivity contribution in [1.82, 2.24) is 20.5 Å². The first-order chi connectivity index (χ1) is 31.1. The number of aliphatic hydroxyl groups is 2. The van der Waals surface area contributed by atoms with Crippen LogP contribution in [0.15, 0.2) is 150 Å². The number of amides is 1. The summed E-state index contributed by atoms with van der Waals surface area (Å²) in [6, 6.07) is 44.3. The third-order valence-electron chi connectivity index (χ3n) is 12.0. The molecule has 1 fully saturated rings. The van der Waals surface area contributed by atoms with E-state index in [4.69, 9.17) is 4.74 Å². The Hall–Kier alpha value is -6.41. The molecule has 11 nitrogen and oxygen atoms in total. The predicted molar refractivity (Wildman–Crippen MR) is 250 cm³/mol. The number of aromatic hydroxyl groups is 1. The van der Waals surface area contributed by atoms with Crippen LogP contribution in [0.3, 0.4) is 0 Å². The van der Waals surface area contributed by atoms with Crippen LogP contribution in [0, 0.1) is 5.92 Å². The van der Waals surface area contributed by atoms with Crippen molar-refractivity contribution in [3.05, 3.63) is 194 Å². The number of hydrogen-bond acceptors (Lipinski definition) is 10. The van der Waals surface area contributed by atoms with Crippen LogP contribution < -0.4 is 16.2 Å². The molecule has 0 bridgehead atoms. The van der Waals surface area contributed by atoms with Gasteiger partial charge in [0.2, 0.25) is 11.2 Å². The standard InChI is InChI=1S/C52H52N4O7S/c57-44-21-19-42(43-20-24-48(59)55-49(43)44)45(58)32-53-28-25-35-11-13-36(14-12-35)31-54-50(60)47-23-22-46(64-47)39-15-17-41(18-16-39)52(62,40-9-5-2-6-10-40)51(61)63-34-38-26-29-56(30-27-38)33-37-7-3-1-4-8-37/h1-24,38,45,53,57-58,62H,25-34H2,(H,54,60)(H,55,59). The molecule has 8 rings (SSSR count). The van der Waals surface area contributed by atoms with Crippen molar-refractivity contribution in [3.63, 3.8) is 0 Å². The van der Waals surface area contributed by atoms with Gasteiger partial charge in [0, 0.05) is 36.0 Å². The van der Waals surface area contributed by atoms with Gasteiger partial charge in [-0.15, -0.1) is 11.3 Å². The molecule has 12 heteroatoms. The highest BCUT2D eigenvalue weighted by Gasteiger charge is 2.42. The monoisotopic (exact) mass is 876 g/mol. The molecule has 1 saturated heterocycles. The molecule has 3 heterocycles. The number of phenols is 1. The number of pyridine rings is 1. The van der Waals surface area contributed by atoms with Crippen LogP contribution in [0.4, 0.5) is 0 Å². The van der Waals surface area contributed by atoms with E-state index in [1.165, 1.54) is 29.0 Å². The average molecular weight is 877 g/mol. The number of likely N-dealkylation sites (tertiary alicyclic amines) is 1. The fourth-order valence-electron chi connectivity index (χ4n) is 8.25. The van der Waals surface area contributed by atoms with Crippen molar-refractivity contribution in [2.75, 3.05) is 32.8 Å². The minimum absolute atomic E-state index is 0.0480. The highest BCUT2D eigenvalue weighted by molar-refractivity contribution is 7.17. The Bertz CT molecular complexity index is 2720. The summed E-state index contributed by atoms with van der Waals surface area (Å²) in [5.74, 6) is -0.715. The topological polar surface area (TPSA) is 164 Å². The first-order valence-corrected chi connectivity index (χ1v) is 22.5. The molecular weight excluding hydrogens is 825 g/mol. The van der Waals surface area contributed by atoms with Crippen molar-refractivity contribution in [1.29, 1.82) is 0 Å². The molecule has 0 radical (unpaired) electrons. The summed E-state index contributed by atoms with van der Waals surface area (Å²) in [5, 5.41) is 40.0. The SMILES string of the molecule is O=C(NCc1ccc(CCNCC(O)c2ccc(O)c3[nH]c(=O)ccc23)cc1)c1ccc(-c2ccc(C(O)(C(=O)OCC3CCN(Cc4ccccc4)CC3)c3ccccc3)cc2)s1. The van der Waals surface area contributed by atoms with Crippen LogP contribution in [0.2, 0.25) is 0 Å². The number of esters is 1. The van der Waals surface area contributed by atoms with Gasteiger partial charge in [-0.1, -0.05) is 115 Å². The average Bonchev–Trinajstić information content (AvgIpc) is 3.84. The molecule has 0 aliphatic carbocycles. The Morgan fingerprint density at radius 2 is 1.48 bits per heavy atom. The van der Waals surface area contributed by atoms with Gasteiger partial charge in [-0.25, -0.2) is 4.79 Å². The lowest BCUT2D eigenvalue weighted by atomic mass is 9.85. The number of benzene rings is 5. The highest BCUT2D eigenvalue weighted by atomic mass is 32.1. The number of carbonyl (C=O) groups excluding carboxylic acids is 2. The Balaban J connectivity index is 0.812. The molecule has 328 valence electrons. The fourth-order valence-corrected chi connectivity index (χ4v) is 9.18. The summed E-state index contributed by atoms with van der Waals surface area (Å²) < 4.78 is 5.90. The largest absolute Gasteiger partial charge is 0.506 e. The number of carbonyl (C=O) groups is 2. The summed E-state index contributed by atoms with van der Waals surface area (Å²) in [6.45, 7) is 4.28. The number of thiophene rings is 1. The van der Waals surface area contributed by atoms with Gasteiger partial charge >= 0.3 is 5.97 Å². The van der Waals surface area contributed by atoms with Crippen LogP contribution in [0.1, 0.15) is 62.0 Å². The Kier molecular flexibility index (Phi) is 14.1. The minimum Gasteiger partial charge on any atom is -0.506 e. The lowest BCUT2D eigenvalue weighted by Gasteiger charge is -2.33. The number of fused-ring (bicyclic) bond motifs is 1. The fraction of sp³-hybridized carbons (Fsp3) is 0.250. The third-order valence-corrected chi connectivity index (χ3v) is 13.1. The van der Waals surface area contributed by atoms with Crippen molar-refractivity contribution >= 4 is 34.1 Å². The lowest BCUT2D eigenvalue weighted by molar-refractivity contribution is -0.164. The molecule has 2 atom stereocenters. The van der Waals surface area contributed by atoms with Gasteiger partial charge in [0.25, 0.3) is 5.91 Å². The van der Waals surface area contributed by atoms with E-state index in [2.05, 4.69) is 44.8 Å². The van der Waals surface area contributed by atoms with E-state index in [1.54, 1.807) is 54.6 Å².